The number of amides is 1. The third kappa shape index (κ3) is 5.24. The van der Waals surface area contributed by atoms with Gasteiger partial charge in [0.15, 0.2) is 11.5 Å². The largest absolute Gasteiger partial charge is 0.493 e. The smallest absolute Gasteiger partial charge is 0.409 e. The first-order chi connectivity index (χ1) is 16.9. The molecule has 188 valence electrons. The number of methoxy groups -OCH3 is 2. The van der Waals surface area contributed by atoms with E-state index in [1.54, 1.807) is 24.1 Å². The molecule has 1 saturated carbocycles. The zero-order valence-electron chi connectivity index (χ0n) is 21.0. The lowest BCUT2D eigenvalue weighted by atomic mass is 9.72. The van der Waals surface area contributed by atoms with Crippen molar-refractivity contribution in [2.24, 2.45) is 5.41 Å². The average molecular weight is 482 g/mol. The van der Waals surface area contributed by atoms with Gasteiger partial charge in [-0.15, -0.1) is 0 Å². The Morgan fingerprint density at radius 3 is 2.40 bits per heavy atom. The summed E-state index contributed by atoms with van der Waals surface area (Å²) in [4.78, 5) is 27.0. The van der Waals surface area contributed by atoms with E-state index < -0.39 is 17.6 Å². The van der Waals surface area contributed by atoms with E-state index in [0.29, 0.717) is 30.2 Å². The van der Waals surface area contributed by atoms with Crippen LogP contribution in [0.15, 0.2) is 48.5 Å². The van der Waals surface area contributed by atoms with E-state index in [1.807, 2.05) is 43.3 Å². The Hall–Kier alpha value is -3.22. The van der Waals surface area contributed by atoms with E-state index in [9.17, 15) is 9.59 Å². The Labute approximate surface area is 207 Å². The van der Waals surface area contributed by atoms with E-state index in [1.165, 1.54) is 20.0 Å². The Morgan fingerprint density at radius 1 is 1.03 bits per heavy atom. The number of carbonyl (C=O) groups is 2. The summed E-state index contributed by atoms with van der Waals surface area (Å²) in [7, 11) is 3.02. The van der Waals surface area contributed by atoms with Gasteiger partial charge in [0.05, 0.1) is 25.9 Å². The van der Waals surface area contributed by atoms with E-state index in [-0.39, 0.29) is 18.0 Å². The van der Waals surface area contributed by atoms with Crippen LogP contribution in [0.25, 0.3) is 0 Å². The number of likely N-dealkylation sites (tertiary alicyclic amines) is 1. The first-order valence-corrected chi connectivity index (χ1v) is 12.3. The quantitative estimate of drug-likeness (QED) is 0.491. The zero-order valence-corrected chi connectivity index (χ0v) is 21.0. The van der Waals surface area contributed by atoms with Gasteiger partial charge in [-0.25, -0.2) is 9.59 Å². The molecular formula is C28H35NO6. The van der Waals surface area contributed by atoms with Crippen LogP contribution in [0.4, 0.5) is 4.79 Å². The first-order valence-electron chi connectivity index (χ1n) is 12.3. The van der Waals surface area contributed by atoms with Crippen LogP contribution in [0, 0.1) is 5.41 Å². The van der Waals surface area contributed by atoms with Crippen molar-refractivity contribution in [3.05, 3.63) is 59.7 Å². The summed E-state index contributed by atoms with van der Waals surface area (Å²) in [6, 6.07) is 14.9. The fraction of sp³-hybridized carbons (Fsp3) is 0.500. The Balaban J connectivity index is 1.63. The average Bonchev–Trinajstić information content (AvgIpc) is 3.52. The summed E-state index contributed by atoms with van der Waals surface area (Å²) in [5.41, 5.74) is 0.965. The number of nitrogens with zero attached hydrogens (tertiary/aromatic N) is 1. The van der Waals surface area contributed by atoms with Crippen LogP contribution in [0.5, 0.6) is 11.5 Å². The van der Waals surface area contributed by atoms with Gasteiger partial charge < -0.3 is 23.8 Å². The number of carbonyl (C=O) groups excluding carboxylic acids is 2. The van der Waals surface area contributed by atoms with Gasteiger partial charge in [-0.1, -0.05) is 31.2 Å². The fourth-order valence-electron chi connectivity index (χ4n) is 5.31. The lowest BCUT2D eigenvalue weighted by Gasteiger charge is -2.36. The zero-order chi connectivity index (χ0) is 25.0. The molecule has 1 unspecified atom stereocenters. The maximum atomic E-state index is 12.8. The van der Waals surface area contributed by atoms with Gasteiger partial charge in [-0.05, 0) is 62.4 Å². The predicted molar refractivity (Wildman–Crippen MR) is 132 cm³/mol. The fourth-order valence-corrected chi connectivity index (χ4v) is 5.31. The summed E-state index contributed by atoms with van der Waals surface area (Å²) in [5.74, 6) is 0.921. The highest BCUT2D eigenvalue weighted by atomic mass is 16.6. The molecule has 0 N–H and O–H groups in total. The third-order valence-corrected chi connectivity index (χ3v) is 7.57. The molecular weight excluding hydrogens is 446 g/mol. The molecule has 7 heteroatoms. The summed E-state index contributed by atoms with van der Waals surface area (Å²) in [6.07, 6.45) is 3.75. The SMILES string of the molecule is COC(=O)N1C[C@@H](c2ccc(OC)c(OC3CCCC3)c2)[C@](C)(C(C)OC(=O)c2ccccc2)C1. The van der Waals surface area contributed by atoms with Crippen molar-refractivity contribution in [3.63, 3.8) is 0 Å². The molecule has 2 fully saturated rings. The van der Waals surface area contributed by atoms with Crippen molar-refractivity contribution in [2.45, 2.75) is 57.7 Å². The van der Waals surface area contributed by atoms with Gasteiger partial charge in [-0.2, -0.15) is 0 Å². The van der Waals surface area contributed by atoms with E-state index in [0.717, 1.165) is 18.4 Å². The van der Waals surface area contributed by atoms with Gasteiger partial charge in [0.2, 0.25) is 0 Å². The number of hydrogen-bond donors (Lipinski definition) is 0. The molecule has 2 aliphatic rings. The van der Waals surface area contributed by atoms with E-state index in [2.05, 4.69) is 6.92 Å². The maximum absolute atomic E-state index is 12.8. The maximum Gasteiger partial charge on any atom is 0.409 e. The highest BCUT2D eigenvalue weighted by Crippen LogP contribution is 2.48. The molecule has 1 saturated heterocycles. The Bertz CT molecular complexity index is 1030. The summed E-state index contributed by atoms with van der Waals surface area (Å²) in [5, 5.41) is 0. The molecule has 2 aromatic rings. The molecule has 1 heterocycles. The van der Waals surface area contributed by atoms with E-state index >= 15 is 0 Å². The van der Waals surface area contributed by atoms with Crippen molar-refractivity contribution < 1.29 is 28.5 Å². The minimum atomic E-state index is -0.544. The van der Waals surface area contributed by atoms with E-state index in [4.69, 9.17) is 18.9 Å². The highest BCUT2D eigenvalue weighted by Gasteiger charge is 2.50. The van der Waals surface area contributed by atoms with Crippen molar-refractivity contribution in [1.82, 2.24) is 4.90 Å². The molecule has 7 nitrogen and oxygen atoms in total. The molecule has 0 aromatic heterocycles. The van der Waals surface area contributed by atoms with Crippen LogP contribution < -0.4 is 9.47 Å². The third-order valence-electron chi connectivity index (χ3n) is 7.57. The van der Waals surface area contributed by atoms with Crippen molar-refractivity contribution in [3.8, 4) is 11.5 Å². The number of ether oxygens (including phenoxy) is 4. The molecule has 4 rings (SSSR count). The lowest BCUT2D eigenvalue weighted by Crippen LogP contribution is -2.40. The molecule has 1 aliphatic heterocycles. The minimum Gasteiger partial charge on any atom is -0.493 e. The van der Waals surface area contributed by atoms with Crippen molar-refractivity contribution in [1.29, 1.82) is 0 Å². The summed E-state index contributed by atoms with van der Waals surface area (Å²) < 4.78 is 22.9. The molecule has 2 aromatic carbocycles. The van der Waals surface area contributed by atoms with Crippen LogP contribution in [-0.2, 0) is 9.47 Å². The predicted octanol–water partition coefficient (Wildman–Crippen LogP) is 5.43. The molecule has 35 heavy (non-hydrogen) atoms. The highest BCUT2D eigenvalue weighted by molar-refractivity contribution is 5.89. The van der Waals surface area contributed by atoms with Crippen LogP contribution >= 0.6 is 0 Å². The Morgan fingerprint density at radius 2 is 1.74 bits per heavy atom. The molecule has 0 bridgehead atoms. The van der Waals surface area contributed by atoms with Crippen LogP contribution in [0.1, 0.15) is 61.4 Å². The number of esters is 1. The Kier molecular flexibility index (Phi) is 7.53. The second kappa shape index (κ2) is 10.6. The number of benzene rings is 2. The van der Waals surface area contributed by atoms with Crippen molar-refractivity contribution >= 4 is 12.1 Å². The van der Waals surface area contributed by atoms with Gasteiger partial charge in [0.1, 0.15) is 6.10 Å². The summed E-state index contributed by atoms with van der Waals surface area (Å²) >= 11 is 0. The molecule has 3 atom stereocenters. The second-order valence-corrected chi connectivity index (χ2v) is 9.76. The van der Waals surface area contributed by atoms with Gasteiger partial charge in [-0.3, -0.25) is 0 Å². The van der Waals surface area contributed by atoms with Crippen LogP contribution in [0.2, 0.25) is 0 Å². The van der Waals surface area contributed by atoms with Crippen molar-refractivity contribution in [2.75, 3.05) is 27.3 Å². The molecule has 1 amide bonds. The molecule has 0 spiro atoms. The number of hydrogen-bond acceptors (Lipinski definition) is 6. The van der Waals surface area contributed by atoms with Gasteiger partial charge in [0.25, 0.3) is 0 Å². The normalized spacial score (nSPS) is 23.1. The monoisotopic (exact) mass is 481 g/mol. The number of rotatable bonds is 7. The minimum absolute atomic E-state index is 0.1000. The second-order valence-electron chi connectivity index (χ2n) is 9.76. The topological polar surface area (TPSA) is 74.3 Å². The molecule has 0 radical (unpaired) electrons. The van der Waals surface area contributed by atoms with Gasteiger partial charge >= 0.3 is 12.1 Å². The lowest BCUT2D eigenvalue weighted by molar-refractivity contribution is -0.00684. The summed E-state index contributed by atoms with van der Waals surface area (Å²) in [6.45, 7) is 4.81. The van der Waals surface area contributed by atoms with Gasteiger partial charge in [0, 0.05) is 24.4 Å². The standard InChI is InChI=1S/C28H35NO6/c1-19(34-26(30)20-10-6-5-7-11-20)28(2)18-29(27(31)33-4)17-23(28)21-14-15-24(32-3)25(16-21)35-22-12-8-9-13-22/h5-7,10-11,14-16,19,22-23H,8-9,12-13,17-18H2,1-4H3/t19?,23-,28-/m0/s1. The van der Waals surface area contributed by atoms with Crippen LogP contribution in [-0.4, -0.2) is 56.5 Å². The van der Waals surface area contributed by atoms with Crippen LogP contribution in [0.3, 0.4) is 0 Å². The first kappa shape index (κ1) is 24.9. The molecule has 1 aliphatic carbocycles.